The van der Waals surface area contributed by atoms with Gasteiger partial charge in [0.25, 0.3) is 0 Å². The number of benzene rings is 1. The highest BCUT2D eigenvalue weighted by atomic mass is 32.2. The Labute approximate surface area is 126 Å². The predicted molar refractivity (Wildman–Crippen MR) is 89.7 cm³/mol. The molecule has 2 N–H and O–H groups in total. The normalized spacial score (nSPS) is 16.4. The highest BCUT2D eigenvalue weighted by Gasteiger charge is 2.12. The Morgan fingerprint density at radius 2 is 2.05 bits per heavy atom. The summed E-state index contributed by atoms with van der Waals surface area (Å²) in [5.41, 5.74) is 9.81. The van der Waals surface area contributed by atoms with Gasteiger partial charge in [-0.15, -0.1) is 0 Å². The predicted octanol–water partition coefficient (Wildman–Crippen LogP) is 1.92. The second-order valence-electron chi connectivity index (χ2n) is 5.28. The van der Waals surface area contributed by atoms with Crippen LogP contribution in [0.25, 0.3) is 0 Å². The Balaban J connectivity index is 2.02. The first kappa shape index (κ1) is 15.0. The van der Waals surface area contributed by atoms with E-state index in [1.807, 2.05) is 11.8 Å². The summed E-state index contributed by atoms with van der Waals surface area (Å²) in [5, 5.41) is 0. The van der Waals surface area contributed by atoms with Crippen LogP contribution in [0.1, 0.15) is 11.1 Å². The van der Waals surface area contributed by atoms with Gasteiger partial charge in [0, 0.05) is 44.4 Å². The van der Waals surface area contributed by atoms with E-state index in [-0.39, 0.29) is 0 Å². The molecule has 1 aliphatic heterocycles. The van der Waals surface area contributed by atoms with E-state index >= 15 is 0 Å². The third-order valence-electron chi connectivity index (χ3n) is 3.59. The van der Waals surface area contributed by atoms with Gasteiger partial charge in [-0.1, -0.05) is 6.07 Å². The average Bonchev–Trinajstić information content (AvgIpc) is 2.46. The number of nitrogens with zero attached hydrogens (tertiary/aromatic N) is 3. The van der Waals surface area contributed by atoms with Crippen molar-refractivity contribution in [1.82, 2.24) is 4.90 Å². The minimum Gasteiger partial charge on any atom is -0.378 e. The van der Waals surface area contributed by atoms with Crippen molar-refractivity contribution in [1.29, 1.82) is 0 Å². The van der Waals surface area contributed by atoms with E-state index in [4.69, 9.17) is 5.73 Å². The summed E-state index contributed by atoms with van der Waals surface area (Å²) in [5.74, 6) is 2.97. The average molecular weight is 292 g/mol. The molecule has 1 aliphatic rings. The third kappa shape index (κ3) is 3.82. The molecule has 0 atom stereocenters. The topological polar surface area (TPSA) is 44.9 Å². The molecule has 2 rings (SSSR count). The zero-order chi connectivity index (χ0) is 14.5. The quantitative estimate of drug-likeness (QED) is 0.683. The summed E-state index contributed by atoms with van der Waals surface area (Å²) in [6.07, 6.45) is 0. The molecular weight excluding hydrogens is 268 g/mol. The van der Waals surface area contributed by atoms with Gasteiger partial charge in [0.05, 0.1) is 6.54 Å². The molecule has 1 fully saturated rings. The first-order valence-electron chi connectivity index (χ1n) is 6.97. The molecule has 5 heteroatoms. The second-order valence-corrected chi connectivity index (χ2v) is 6.50. The maximum atomic E-state index is 6.08. The van der Waals surface area contributed by atoms with Crippen molar-refractivity contribution in [2.24, 2.45) is 10.7 Å². The maximum Gasteiger partial charge on any atom is 0.191 e. The van der Waals surface area contributed by atoms with Gasteiger partial charge in [-0.2, -0.15) is 11.8 Å². The Kier molecular flexibility index (Phi) is 5.17. The van der Waals surface area contributed by atoms with Crippen molar-refractivity contribution in [3.63, 3.8) is 0 Å². The molecule has 1 saturated heterocycles. The molecule has 0 aliphatic carbocycles. The standard InChI is InChI=1S/C15H24N4S/c1-12-10-14(18(2)3)5-4-13(12)11-17-15(16)19-6-8-20-9-7-19/h4-5,10H,6-9,11H2,1-3H3,(H2,16,17). The molecule has 1 aromatic carbocycles. The first-order chi connectivity index (χ1) is 9.58. The third-order valence-corrected chi connectivity index (χ3v) is 4.53. The number of aryl methyl sites for hydroxylation is 1. The van der Waals surface area contributed by atoms with Gasteiger partial charge in [0.2, 0.25) is 0 Å². The maximum absolute atomic E-state index is 6.08. The molecule has 4 nitrogen and oxygen atoms in total. The van der Waals surface area contributed by atoms with E-state index < -0.39 is 0 Å². The minimum absolute atomic E-state index is 0.662. The van der Waals surface area contributed by atoms with Gasteiger partial charge < -0.3 is 15.5 Å². The van der Waals surface area contributed by atoms with Crippen molar-refractivity contribution in [2.45, 2.75) is 13.5 Å². The smallest absolute Gasteiger partial charge is 0.191 e. The molecule has 110 valence electrons. The van der Waals surface area contributed by atoms with Gasteiger partial charge in [-0.25, -0.2) is 4.99 Å². The van der Waals surface area contributed by atoms with E-state index in [0.29, 0.717) is 12.5 Å². The number of rotatable bonds is 3. The van der Waals surface area contributed by atoms with Crippen LogP contribution in [0.5, 0.6) is 0 Å². The number of hydrogen-bond donors (Lipinski definition) is 1. The van der Waals surface area contributed by atoms with Crippen LogP contribution in [0.4, 0.5) is 5.69 Å². The van der Waals surface area contributed by atoms with E-state index in [1.165, 1.54) is 16.8 Å². The van der Waals surface area contributed by atoms with E-state index in [1.54, 1.807) is 0 Å². The van der Waals surface area contributed by atoms with Crippen LogP contribution in [-0.4, -0.2) is 49.6 Å². The zero-order valence-corrected chi connectivity index (χ0v) is 13.4. The molecule has 20 heavy (non-hydrogen) atoms. The zero-order valence-electron chi connectivity index (χ0n) is 12.6. The van der Waals surface area contributed by atoms with Crippen molar-refractivity contribution in [3.05, 3.63) is 29.3 Å². The van der Waals surface area contributed by atoms with Crippen LogP contribution in [0.15, 0.2) is 23.2 Å². The Morgan fingerprint density at radius 1 is 1.35 bits per heavy atom. The van der Waals surface area contributed by atoms with Crippen LogP contribution in [0, 0.1) is 6.92 Å². The summed E-state index contributed by atoms with van der Waals surface area (Å²) in [4.78, 5) is 8.84. The largest absolute Gasteiger partial charge is 0.378 e. The molecule has 0 radical (unpaired) electrons. The number of aliphatic imine (C=N–C) groups is 1. The van der Waals surface area contributed by atoms with Crippen LogP contribution in [-0.2, 0) is 6.54 Å². The number of hydrogen-bond acceptors (Lipinski definition) is 3. The number of guanidine groups is 1. The first-order valence-corrected chi connectivity index (χ1v) is 8.13. The Hall–Kier alpha value is -1.36. The molecular formula is C15H24N4S. The van der Waals surface area contributed by atoms with Crippen LogP contribution in [0.2, 0.25) is 0 Å². The lowest BCUT2D eigenvalue weighted by molar-refractivity contribution is 0.455. The fourth-order valence-corrected chi connectivity index (χ4v) is 3.10. The molecule has 0 saturated carbocycles. The van der Waals surface area contributed by atoms with E-state index in [9.17, 15) is 0 Å². The lowest BCUT2D eigenvalue weighted by Crippen LogP contribution is -2.42. The number of nitrogens with two attached hydrogens (primary N) is 1. The van der Waals surface area contributed by atoms with Gasteiger partial charge in [-0.05, 0) is 30.2 Å². The van der Waals surface area contributed by atoms with Gasteiger partial charge in [0.1, 0.15) is 0 Å². The fourth-order valence-electron chi connectivity index (χ4n) is 2.19. The van der Waals surface area contributed by atoms with Crippen LogP contribution < -0.4 is 10.6 Å². The highest BCUT2D eigenvalue weighted by Crippen LogP contribution is 2.18. The van der Waals surface area contributed by atoms with Crippen molar-refractivity contribution in [3.8, 4) is 0 Å². The Morgan fingerprint density at radius 3 is 2.65 bits per heavy atom. The number of anilines is 1. The highest BCUT2D eigenvalue weighted by molar-refractivity contribution is 7.99. The van der Waals surface area contributed by atoms with Crippen molar-refractivity contribution >= 4 is 23.4 Å². The van der Waals surface area contributed by atoms with Crippen molar-refractivity contribution < 1.29 is 0 Å². The van der Waals surface area contributed by atoms with Gasteiger partial charge in [-0.3, -0.25) is 0 Å². The monoisotopic (exact) mass is 292 g/mol. The number of thioether (sulfide) groups is 1. The van der Waals surface area contributed by atoms with Gasteiger partial charge >= 0.3 is 0 Å². The van der Waals surface area contributed by atoms with E-state index in [2.05, 4.69) is 54.0 Å². The van der Waals surface area contributed by atoms with Gasteiger partial charge in [0.15, 0.2) is 5.96 Å². The van der Waals surface area contributed by atoms with E-state index in [0.717, 1.165) is 24.6 Å². The van der Waals surface area contributed by atoms with Crippen LogP contribution in [0.3, 0.4) is 0 Å². The summed E-state index contributed by atoms with van der Waals surface area (Å²) >= 11 is 1.98. The molecule has 0 spiro atoms. The lowest BCUT2D eigenvalue weighted by Gasteiger charge is -2.27. The molecule has 0 amide bonds. The SMILES string of the molecule is Cc1cc(N(C)C)ccc1CN=C(N)N1CCSCC1. The second kappa shape index (κ2) is 6.88. The molecule has 1 aromatic rings. The molecule has 1 heterocycles. The molecule has 0 unspecified atom stereocenters. The lowest BCUT2D eigenvalue weighted by atomic mass is 10.1. The summed E-state index contributed by atoms with van der Waals surface area (Å²) in [6, 6.07) is 6.47. The minimum atomic E-state index is 0.662. The Bertz CT molecular complexity index is 479. The molecule has 0 aromatic heterocycles. The summed E-state index contributed by atoms with van der Waals surface area (Å²) < 4.78 is 0. The summed E-state index contributed by atoms with van der Waals surface area (Å²) in [7, 11) is 4.11. The van der Waals surface area contributed by atoms with Crippen molar-refractivity contribution in [2.75, 3.05) is 43.6 Å². The molecule has 0 bridgehead atoms. The fraction of sp³-hybridized carbons (Fsp3) is 0.533. The summed E-state index contributed by atoms with van der Waals surface area (Å²) in [6.45, 7) is 4.82. The van der Waals surface area contributed by atoms with Crippen LogP contribution >= 0.6 is 11.8 Å².